The third-order valence-electron chi connectivity index (χ3n) is 4.67. The number of benzene rings is 2. The van der Waals surface area contributed by atoms with E-state index in [1.54, 1.807) is 6.92 Å². The number of halogens is 4. The minimum Gasteiger partial charge on any atom is -0.457 e. The molecule has 0 aliphatic carbocycles. The van der Waals surface area contributed by atoms with Gasteiger partial charge in [0.25, 0.3) is 0 Å². The number of hydrogen-bond donors (Lipinski definition) is 1. The summed E-state index contributed by atoms with van der Waals surface area (Å²) in [5.41, 5.74) is 0.609. The number of hydrogen-bond acceptors (Lipinski definition) is 6. The first-order valence-electron chi connectivity index (χ1n) is 9.33. The number of aromatic nitrogens is 2. The number of fused-ring (bicyclic) bond motifs is 1. The summed E-state index contributed by atoms with van der Waals surface area (Å²) in [5, 5.41) is 3.46. The summed E-state index contributed by atoms with van der Waals surface area (Å²) >= 11 is 7.22. The Hall–Kier alpha value is -3.17. The molecule has 2 heterocycles. The molecule has 0 aliphatic rings. The van der Waals surface area contributed by atoms with Crippen molar-refractivity contribution in [2.24, 2.45) is 0 Å². The van der Waals surface area contributed by atoms with Crippen LogP contribution in [-0.2, 0) is 17.5 Å². The van der Waals surface area contributed by atoms with Gasteiger partial charge in [-0.15, -0.1) is 11.3 Å². The molecule has 10 heteroatoms. The van der Waals surface area contributed by atoms with Crippen molar-refractivity contribution < 1.29 is 22.7 Å². The maximum Gasteiger partial charge on any atom is 0.416 e. The molecule has 0 fully saturated rings. The molecule has 4 aromatic rings. The van der Waals surface area contributed by atoms with Crippen molar-refractivity contribution in [1.29, 1.82) is 0 Å². The molecule has 0 unspecified atom stereocenters. The van der Waals surface area contributed by atoms with Crippen LogP contribution in [-0.4, -0.2) is 15.9 Å². The number of rotatable bonds is 5. The molecule has 0 bridgehead atoms. The number of carbonyl (C=O) groups excluding carboxylic acids is 1. The number of thiophene rings is 1. The Morgan fingerprint density at radius 3 is 2.62 bits per heavy atom. The van der Waals surface area contributed by atoms with E-state index < -0.39 is 17.7 Å². The van der Waals surface area contributed by atoms with Gasteiger partial charge in [0.1, 0.15) is 28.5 Å². The van der Waals surface area contributed by atoms with E-state index in [1.807, 2.05) is 30.3 Å². The lowest BCUT2D eigenvalue weighted by molar-refractivity contribution is -0.137. The summed E-state index contributed by atoms with van der Waals surface area (Å²) in [5.74, 6) is -0.274. The zero-order chi connectivity index (χ0) is 22.9. The molecule has 2 aromatic carbocycles. The predicted molar refractivity (Wildman–Crippen MR) is 117 cm³/mol. The van der Waals surface area contributed by atoms with E-state index in [2.05, 4.69) is 15.3 Å². The van der Waals surface area contributed by atoms with Gasteiger partial charge in [0, 0.05) is 0 Å². The highest BCUT2D eigenvalue weighted by Crippen LogP contribution is 2.38. The molecule has 0 spiro atoms. The lowest BCUT2D eigenvalue weighted by Crippen LogP contribution is -2.06. The minimum absolute atomic E-state index is 0.0419. The Kier molecular flexibility index (Phi) is 6.03. The first-order chi connectivity index (χ1) is 15.2. The van der Waals surface area contributed by atoms with E-state index in [-0.39, 0.29) is 23.1 Å². The van der Waals surface area contributed by atoms with Crippen LogP contribution in [0.3, 0.4) is 0 Å². The van der Waals surface area contributed by atoms with E-state index >= 15 is 0 Å². The normalized spacial score (nSPS) is 11.5. The van der Waals surface area contributed by atoms with Crippen molar-refractivity contribution in [3.8, 4) is 0 Å². The zero-order valence-electron chi connectivity index (χ0n) is 16.5. The van der Waals surface area contributed by atoms with Crippen molar-refractivity contribution in [3.05, 3.63) is 81.4 Å². The van der Waals surface area contributed by atoms with Gasteiger partial charge in [0.15, 0.2) is 0 Å². The van der Waals surface area contributed by atoms with Gasteiger partial charge >= 0.3 is 12.1 Å². The number of nitrogens with one attached hydrogen (secondary N) is 1. The lowest BCUT2D eigenvalue weighted by atomic mass is 10.1. The van der Waals surface area contributed by atoms with Crippen molar-refractivity contribution >= 4 is 50.6 Å². The summed E-state index contributed by atoms with van der Waals surface area (Å²) in [6.07, 6.45) is -3.25. The fraction of sp³-hybridized carbons (Fsp3) is 0.136. The van der Waals surface area contributed by atoms with Gasteiger partial charge in [-0.1, -0.05) is 41.9 Å². The third-order valence-corrected chi connectivity index (χ3v) is 6.18. The van der Waals surface area contributed by atoms with Gasteiger partial charge < -0.3 is 10.1 Å². The Labute approximate surface area is 189 Å². The number of esters is 1. The van der Waals surface area contributed by atoms with Crippen molar-refractivity contribution in [2.75, 3.05) is 5.32 Å². The van der Waals surface area contributed by atoms with Crippen LogP contribution in [0.1, 0.15) is 26.4 Å². The van der Waals surface area contributed by atoms with Crippen LogP contribution in [0.4, 0.5) is 24.7 Å². The monoisotopic (exact) mass is 477 g/mol. The predicted octanol–water partition coefficient (Wildman–Crippen LogP) is 6.77. The zero-order valence-corrected chi connectivity index (χ0v) is 18.1. The molecule has 0 amide bonds. The second-order valence-electron chi connectivity index (χ2n) is 6.84. The van der Waals surface area contributed by atoms with Gasteiger partial charge in [0.05, 0.1) is 21.7 Å². The maximum atomic E-state index is 13.1. The summed E-state index contributed by atoms with van der Waals surface area (Å²) in [7, 11) is 0. The van der Waals surface area contributed by atoms with E-state index in [4.69, 9.17) is 16.3 Å². The fourth-order valence-corrected chi connectivity index (χ4v) is 4.28. The van der Waals surface area contributed by atoms with Gasteiger partial charge in [0.2, 0.25) is 0 Å². The van der Waals surface area contributed by atoms with Crippen LogP contribution in [0.2, 0.25) is 5.02 Å². The molecule has 0 radical (unpaired) electrons. The molecule has 1 N–H and O–H groups in total. The smallest absolute Gasteiger partial charge is 0.416 e. The SMILES string of the molecule is Cc1c(C(=O)OCc2ccccc2)sc2ncnc(Nc3cc(C(F)(F)F)ccc3Cl)c12. The molecular formula is C22H15ClF3N3O2S. The first-order valence-corrected chi connectivity index (χ1v) is 10.5. The molecule has 2 aromatic heterocycles. The first kappa shape index (κ1) is 22.0. The molecule has 0 atom stereocenters. The quantitative estimate of drug-likeness (QED) is 0.321. The van der Waals surface area contributed by atoms with Gasteiger partial charge in [-0.05, 0) is 36.2 Å². The maximum absolute atomic E-state index is 13.1. The fourth-order valence-electron chi connectivity index (χ4n) is 3.07. The van der Waals surface area contributed by atoms with Crippen molar-refractivity contribution in [1.82, 2.24) is 9.97 Å². The second kappa shape index (κ2) is 8.76. The van der Waals surface area contributed by atoms with Crippen molar-refractivity contribution in [2.45, 2.75) is 19.7 Å². The van der Waals surface area contributed by atoms with Crippen molar-refractivity contribution in [3.63, 3.8) is 0 Å². The highest BCUT2D eigenvalue weighted by Gasteiger charge is 2.31. The Balaban J connectivity index is 1.65. The standard InChI is InChI=1S/C22H15ClF3N3O2S/c1-12-17-19(29-16-9-14(22(24,25)26)7-8-15(16)23)27-11-28-20(17)32-18(12)21(30)31-10-13-5-3-2-4-6-13/h2-9,11H,10H2,1H3,(H,27,28,29). The molecule has 164 valence electrons. The minimum atomic E-state index is -4.52. The summed E-state index contributed by atoms with van der Waals surface area (Å²) in [6, 6.07) is 12.2. The van der Waals surface area contributed by atoms with Gasteiger partial charge in [-0.3, -0.25) is 0 Å². The second-order valence-corrected chi connectivity index (χ2v) is 8.24. The number of aryl methyl sites for hydroxylation is 1. The summed E-state index contributed by atoms with van der Waals surface area (Å²) in [6.45, 7) is 1.82. The van der Waals surface area contributed by atoms with E-state index in [0.29, 0.717) is 20.7 Å². The molecule has 0 saturated carbocycles. The number of carbonyl (C=O) groups is 1. The van der Waals surface area contributed by atoms with E-state index in [1.165, 1.54) is 6.33 Å². The molecule has 5 nitrogen and oxygen atoms in total. The molecular weight excluding hydrogens is 463 g/mol. The lowest BCUT2D eigenvalue weighted by Gasteiger charge is -2.12. The number of anilines is 2. The topological polar surface area (TPSA) is 64.1 Å². The molecule has 32 heavy (non-hydrogen) atoms. The molecule has 4 rings (SSSR count). The van der Waals surface area contributed by atoms with Gasteiger partial charge in [-0.25, -0.2) is 14.8 Å². The van der Waals surface area contributed by atoms with E-state index in [0.717, 1.165) is 35.1 Å². The summed E-state index contributed by atoms with van der Waals surface area (Å²) in [4.78, 5) is 21.8. The largest absolute Gasteiger partial charge is 0.457 e. The number of alkyl halides is 3. The van der Waals surface area contributed by atoms with Crippen LogP contribution in [0.15, 0.2) is 54.9 Å². The average molecular weight is 478 g/mol. The molecule has 0 aliphatic heterocycles. The highest BCUT2D eigenvalue weighted by molar-refractivity contribution is 7.20. The Bertz CT molecular complexity index is 1290. The van der Waals surface area contributed by atoms with Crippen LogP contribution < -0.4 is 5.32 Å². The highest BCUT2D eigenvalue weighted by atomic mass is 35.5. The Morgan fingerprint density at radius 1 is 1.16 bits per heavy atom. The van der Waals surface area contributed by atoms with Crippen LogP contribution in [0, 0.1) is 6.92 Å². The third kappa shape index (κ3) is 4.53. The number of nitrogens with zero attached hydrogens (tertiary/aromatic N) is 2. The van der Waals surface area contributed by atoms with E-state index in [9.17, 15) is 18.0 Å². The van der Waals surface area contributed by atoms with Crippen LogP contribution in [0.5, 0.6) is 0 Å². The van der Waals surface area contributed by atoms with Gasteiger partial charge in [-0.2, -0.15) is 13.2 Å². The summed E-state index contributed by atoms with van der Waals surface area (Å²) < 4.78 is 44.7. The average Bonchev–Trinajstić information content (AvgIpc) is 3.11. The number of ether oxygens (including phenoxy) is 1. The molecule has 0 saturated heterocycles. The van der Waals surface area contributed by atoms with Crippen LogP contribution >= 0.6 is 22.9 Å². The van der Waals surface area contributed by atoms with Crippen LogP contribution in [0.25, 0.3) is 10.2 Å². The Morgan fingerprint density at radius 2 is 1.91 bits per heavy atom.